The van der Waals surface area contributed by atoms with Crippen molar-refractivity contribution in [3.05, 3.63) is 65.5 Å². The van der Waals surface area contributed by atoms with E-state index < -0.39 is 27.8 Å². The standard InChI is InChI=1S/C20H24FN3O4S/c1-13(2)18(24-19(25)15-6-8-16(21)9-7-15)20(26)23-12-14-4-10-17(11-5-14)29(27,28)22-3/h4-11,13,18,22H,12H2,1-3H3,(H,23,26)(H,24,25). The zero-order valence-electron chi connectivity index (χ0n) is 16.4. The molecule has 2 aromatic carbocycles. The van der Waals surface area contributed by atoms with Crippen molar-refractivity contribution < 1.29 is 22.4 Å². The number of halogens is 1. The maximum atomic E-state index is 13.0. The van der Waals surface area contributed by atoms with Crippen LogP contribution >= 0.6 is 0 Å². The smallest absolute Gasteiger partial charge is 0.251 e. The van der Waals surface area contributed by atoms with Gasteiger partial charge in [-0.3, -0.25) is 9.59 Å². The fourth-order valence-corrected chi connectivity index (χ4v) is 3.29. The van der Waals surface area contributed by atoms with E-state index in [9.17, 15) is 22.4 Å². The molecule has 0 fully saturated rings. The van der Waals surface area contributed by atoms with Crippen molar-refractivity contribution >= 4 is 21.8 Å². The molecule has 29 heavy (non-hydrogen) atoms. The molecule has 0 aliphatic heterocycles. The van der Waals surface area contributed by atoms with Gasteiger partial charge in [0.05, 0.1) is 4.90 Å². The number of rotatable bonds is 8. The van der Waals surface area contributed by atoms with Crippen LogP contribution in [0.1, 0.15) is 29.8 Å². The molecule has 0 aliphatic rings. The van der Waals surface area contributed by atoms with Crippen molar-refractivity contribution in [3.8, 4) is 0 Å². The minimum Gasteiger partial charge on any atom is -0.350 e. The van der Waals surface area contributed by atoms with Crippen LogP contribution in [0.5, 0.6) is 0 Å². The average Bonchev–Trinajstić information content (AvgIpc) is 2.70. The fourth-order valence-electron chi connectivity index (χ4n) is 2.56. The van der Waals surface area contributed by atoms with E-state index >= 15 is 0 Å². The molecule has 0 spiro atoms. The number of benzene rings is 2. The van der Waals surface area contributed by atoms with E-state index in [2.05, 4.69) is 15.4 Å². The van der Waals surface area contributed by atoms with Gasteiger partial charge in [-0.25, -0.2) is 17.5 Å². The molecule has 2 amide bonds. The zero-order chi connectivity index (χ0) is 21.6. The lowest BCUT2D eigenvalue weighted by atomic mass is 10.0. The Hall–Kier alpha value is -2.78. The quantitative estimate of drug-likeness (QED) is 0.605. The summed E-state index contributed by atoms with van der Waals surface area (Å²) in [5.41, 5.74) is 0.965. The summed E-state index contributed by atoms with van der Waals surface area (Å²) in [6.07, 6.45) is 0. The summed E-state index contributed by atoms with van der Waals surface area (Å²) in [5, 5.41) is 5.40. The zero-order valence-corrected chi connectivity index (χ0v) is 17.2. The van der Waals surface area contributed by atoms with E-state index in [4.69, 9.17) is 0 Å². The molecule has 0 heterocycles. The predicted octanol–water partition coefficient (Wildman–Crippen LogP) is 1.80. The SMILES string of the molecule is CNS(=O)(=O)c1ccc(CNC(=O)C(NC(=O)c2ccc(F)cc2)C(C)C)cc1. The first-order valence-corrected chi connectivity index (χ1v) is 10.5. The van der Waals surface area contributed by atoms with Gasteiger partial charge in [-0.1, -0.05) is 26.0 Å². The third kappa shape index (κ3) is 6.10. The largest absolute Gasteiger partial charge is 0.350 e. The maximum Gasteiger partial charge on any atom is 0.251 e. The van der Waals surface area contributed by atoms with Gasteiger partial charge in [0.2, 0.25) is 15.9 Å². The van der Waals surface area contributed by atoms with E-state index in [1.54, 1.807) is 26.0 Å². The molecule has 0 aliphatic carbocycles. The second-order valence-electron chi connectivity index (χ2n) is 6.77. The fraction of sp³-hybridized carbons (Fsp3) is 0.300. The molecule has 0 saturated carbocycles. The van der Waals surface area contributed by atoms with Gasteiger partial charge in [-0.05, 0) is 54.9 Å². The first-order chi connectivity index (χ1) is 13.6. The van der Waals surface area contributed by atoms with Gasteiger partial charge in [-0.15, -0.1) is 0 Å². The lowest BCUT2D eigenvalue weighted by Gasteiger charge is -2.22. The third-order valence-corrected chi connectivity index (χ3v) is 5.74. The average molecular weight is 421 g/mol. The van der Waals surface area contributed by atoms with E-state index in [1.165, 1.54) is 43.4 Å². The summed E-state index contributed by atoms with van der Waals surface area (Å²) in [6, 6.07) is 10.4. The van der Waals surface area contributed by atoms with Crippen molar-refractivity contribution in [3.63, 3.8) is 0 Å². The minimum atomic E-state index is -3.52. The first-order valence-electron chi connectivity index (χ1n) is 9.00. The molecule has 2 rings (SSSR count). The van der Waals surface area contributed by atoms with Gasteiger partial charge >= 0.3 is 0 Å². The number of carbonyl (C=O) groups is 2. The molecule has 0 radical (unpaired) electrons. The Morgan fingerprint density at radius 3 is 2.10 bits per heavy atom. The van der Waals surface area contributed by atoms with Crippen LogP contribution in [-0.4, -0.2) is 33.3 Å². The molecule has 3 N–H and O–H groups in total. The Balaban J connectivity index is 2.00. The third-order valence-electron chi connectivity index (χ3n) is 4.31. The van der Waals surface area contributed by atoms with Crippen LogP contribution in [-0.2, 0) is 21.4 Å². The molecular weight excluding hydrogens is 397 g/mol. The van der Waals surface area contributed by atoms with Gasteiger partial charge < -0.3 is 10.6 Å². The van der Waals surface area contributed by atoms with Gasteiger partial charge in [0.25, 0.3) is 5.91 Å². The predicted molar refractivity (Wildman–Crippen MR) is 107 cm³/mol. The van der Waals surface area contributed by atoms with Gasteiger partial charge in [0, 0.05) is 12.1 Å². The monoisotopic (exact) mass is 421 g/mol. The number of amides is 2. The lowest BCUT2D eigenvalue weighted by molar-refractivity contribution is -0.124. The van der Waals surface area contributed by atoms with Crippen LogP contribution in [0.3, 0.4) is 0 Å². The molecule has 9 heteroatoms. The highest BCUT2D eigenvalue weighted by Gasteiger charge is 2.24. The molecule has 0 bridgehead atoms. The summed E-state index contributed by atoms with van der Waals surface area (Å²) >= 11 is 0. The van der Waals surface area contributed by atoms with Crippen LogP contribution < -0.4 is 15.4 Å². The Bertz CT molecular complexity index is 958. The van der Waals surface area contributed by atoms with Crippen molar-refractivity contribution in [1.82, 2.24) is 15.4 Å². The molecule has 0 saturated heterocycles. The Labute approximate surface area is 169 Å². The summed E-state index contributed by atoms with van der Waals surface area (Å²) in [6.45, 7) is 3.77. The summed E-state index contributed by atoms with van der Waals surface area (Å²) in [7, 11) is -2.19. The molecular formula is C20H24FN3O4S. The normalized spacial score (nSPS) is 12.4. The summed E-state index contributed by atoms with van der Waals surface area (Å²) in [5.74, 6) is -1.47. The van der Waals surface area contributed by atoms with Crippen LogP contribution in [0.25, 0.3) is 0 Å². The van der Waals surface area contributed by atoms with Crippen molar-refractivity contribution in [1.29, 1.82) is 0 Å². The van der Waals surface area contributed by atoms with Crippen molar-refractivity contribution in [2.75, 3.05) is 7.05 Å². The van der Waals surface area contributed by atoms with Crippen molar-refractivity contribution in [2.24, 2.45) is 5.92 Å². The van der Waals surface area contributed by atoms with E-state index in [0.717, 1.165) is 0 Å². The van der Waals surface area contributed by atoms with Gasteiger partial charge in [0.15, 0.2) is 0 Å². The molecule has 1 atom stereocenters. The number of nitrogens with one attached hydrogen (secondary N) is 3. The summed E-state index contributed by atoms with van der Waals surface area (Å²) in [4.78, 5) is 25.0. The molecule has 0 aromatic heterocycles. The second kappa shape index (κ2) is 9.62. The van der Waals surface area contributed by atoms with E-state index in [-0.39, 0.29) is 28.8 Å². The Morgan fingerprint density at radius 2 is 1.59 bits per heavy atom. The highest BCUT2D eigenvalue weighted by molar-refractivity contribution is 7.89. The maximum absolute atomic E-state index is 13.0. The van der Waals surface area contributed by atoms with Crippen LogP contribution in [0, 0.1) is 11.7 Å². The second-order valence-corrected chi connectivity index (χ2v) is 8.66. The Kier molecular flexibility index (Phi) is 7.46. The topological polar surface area (TPSA) is 104 Å². The van der Waals surface area contributed by atoms with E-state index in [1.807, 2.05) is 0 Å². The van der Waals surface area contributed by atoms with Crippen molar-refractivity contribution in [2.45, 2.75) is 31.3 Å². The minimum absolute atomic E-state index is 0.127. The molecule has 156 valence electrons. The number of carbonyl (C=O) groups excluding carboxylic acids is 2. The van der Waals surface area contributed by atoms with E-state index in [0.29, 0.717) is 5.56 Å². The molecule has 2 aromatic rings. The number of hydrogen-bond acceptors (Lipinski definition) is 4. The molecule has 1 unspecified atom stereocenters. The molecule has 7 nitrogen and oxygen atoms in total. The highest BCUT2D eigenvalue weighted by Crippen LogP contribution is 2.11. The summed E-state index contributed by atoms with van der Waals surface area (Å²) < 4.78 is 38.7. The lowest BCUT2D eigenvalue weighted by Crippen LogP contribution is -2.49. The van der Waals surface area contributed by atoms with Crippen LogP contribution in [0.2, 0.25) is 0 Å². The number of sulfonamides is 1. The van der Waals surface area contributed by atoms with Gasteiger partial charge in [0.1, 0.15) is 11.9 Å². The Morgan fingerprint density at radius 1 is 1.00 bits per heavy atom. The first kappa shape index (κ1) is 22.5. The van der Waals surface area contributed by atoms with Gasteiger partial charge in [-0.2, -0.15) is 0 Å². The van der Waals surface area contributed by atoms with Crippen LogP contribution in [0.15, 0.2) is 53.4 Å². The van der Waals surface area contributed by atoms with Crippen LogP contribution in [0.4, 0.5) is 4.39 Å². The number of hydrogen-bond donors (Lipinski definition) is 3. The highest BCUT2D eigenvalue weighted by atomic mass is 32.2.